The molecule has 2 heteroatoms. The van der Waals surface area contributed by atoms with Gasteiger partial charge in [-0.3, -0.25) is 4.90 Å². The van der Waals surface area contributed by atoms with Gasteiger partial charge in [0.2, 0.25) is 0 Å². The van der Waals surface area contributed by atoms with Gasteiger partial charge in [0.1, 0.15) is 0 Å². The lowest BCUT2D eigenvalue weighted by molar-refractivity contribution is 0.0699. The number of nitrogens with one attached hydrogen (secondary N) is 1. The molecule has 1 aliphatic heterocycles. The van der Waals surface area contributed by atoms with Crippen LogP contribution in [0.25, 0.3) is 0 Å². The Hall–Kier alpha value is -0.0800. The molecule has 0 amide bonds. The average molecular weight is 264 g/mol. The topological polar surface area (TPSA) is 15.3 Å². The molecule has 2 aliphatic carbocycles. The van der Waals surface area contributed by atoms with Crippen molar-refractivity contribution < 1.29 is 0 Å². The first kappa shape index (κ1) is 13.9. The van der Waals surface area contributed by atoms with Crippen LogP contribution in [0.1, 0.15) is 65.2 Å². The van der Waals surface area contributed by atoms with Crippen molar-refractivity contribution in [3.8, 4) is 0 Å². The number of nitrogens with zero attached hydrogens (tertiary/aromatic N) is 1. The first-order chi connectivity index (χ1) is 9.14. The average Bonchev–Trinajstić information content (AvgIpc) is 3.20. The Morgan fingerprint density at radius 2 is 1.74 bits per heavy atom. The van der Waals surface area contributed by atoms with Crippen LogP contribution < -0.4 is 5.32 Å². The molecule has 1 unspecified atom stereocenters. The molecule has 0 aromatic rings. The molecular weight excluding hydrogens is 232 g/mol. The molecule has 3 rings (SSSR count). The summed E-state index contributed by atoms with van der Waals surface area (Å²) in [5.74, 6) is 0.965. The summed E-state index contributed by atoms with van der Waals surface area (Å²) in [5, 5.41) is 3.51. The Morgan fingerprint density at radius 1 is 1.00 bits per heavy atom. The molecule has 2 nitrogen and oxygen atoms in total. The minimum Gasteiger partial charge on any atom is -0.317 e. The summed E-state index contributed by atoms with van der Waals surface area (Å²) in [6.45, 7) is 8.86. The van der Waals surface area contributed by atoms with E-state index in [1.807, 2.05) is 0 Å². The molecule has 1 saturated heterocycles. The SMILES string of the molecule is CC1(C)CCCC(N(CC2CCNCC2)C2CC2)C1. The van der Waals surface area contributed by atoms with Crippen molar-refractivity contribution >= 4 is 0 Å². The van der Waals surface area contributed by atoms with Crippen molar-refractivity contribution in [3.63, 3.8) is 0 Å². The molecule has 3 fully saturated rings. The van der Waals surface area contributed by atoms with E-state index in [0.717, 1.165) is 18.0 Å². The fourth-order valence-electron chi connectivity index (χ4n) is 4.31. The van der Waals surface area contributed by atoms with Crippen molar-refractivity contribution in [2.75, 3.05) is 19.6 Å². The second-order valence-electron chi connectivity index (χ2n) is 8.04. The van der Waals surface area contributed by atoms with E-state index in [2.05, 4.69) is 24.1 Å². The Balaban J connectivity index is 1.60. The first-order valence-electron chi connectivity index (χ1n) is 8.60. The molecule has 2 saturated carbocycles. The maximum Gasteiger partial charge on any atom is 0.0103 e. The molecule has 0 spiro atoms. The van der Waals surface area contributed by atoms with Gasteiger partial charge >= 0.3 is 0 Å². The molecule has 3 aliphatic rings. The molecule has 0 aromatic carbocycles. The van der Waals surface area contributed by atoms with Crippen LogP contribution in [-0.4, -0.2) is 36.6 Å². The zero-order valence-electron chi connectivity index (χ0n) is 13.0. The van der Waals surface area contributed by atoms with E-state index in [1.54, 1.807) is 0 Å². The van der Waals surface area contributed by atoms with E-state index in [4.69, 9.17) is 0 Å². The lowest BCUT2D eigenvalue weighted by Crippen LogP contribution is -2.46. The standard InChI is InChI=1S/C17H32N2/c1-17(2)9-3-4-16(12-17)19(15-5-6-15)13-14-7-10-18-11-8-14/h14-16,18H,3-13H2,1-2H3. The Kier molecular flexibility index (Phi) is 4.19. The van der Waals surface area contributed by atoms with Crippen LogP contribution in [0.3, 0.4) is 0 Å². The van der Waals surface area contributed by atoms with Gasteiger partial charge in [0.25, 0.3) is 0 Å². The number of hydrogen-bond donors (Lipinski definition) is 1. The third-order valence-corrected chi connectivity index (χ3v) is 5.59. The molecule has 110 valence electrons. The second kappa shape index (κ2) is 5.73. The summed E-state index contributed by atoms with van der Waals surface area (Å²) < 4.78 is 0. The van der Waals surface area contributed by atoms with Crippen molar-refractivity contribution in [2.45, 2.75) is 77.3 Å². The lowest BCUT2D eigenvalue weighted by Gasteiger charge is -2.43. The van der Waals surface area contributed by atoms with Crippen LogP contribution in [0.15, 0.2) is 0 Å². The lowest BCUT2D eigenvalue weighted by atomic mass is 9.74. The fraction of sp³-hybridized carbons (Fsp3) is 1.00. The van der Waals surface area contributed by atoms with Gasteiger partial charge in [0, 0.05) is 18.6 Å². The largest absolute Gasteiger partial charge is 0.317 e. The van der Waals surface area contributed by atoms with Crippen LogP contribution in [0.5, 0.6) is 0 Å². The van der Waals surface area contributed by atoms with Crippen LogP contribution in [0.2, 0.25) is 0 Å². The highest BCUT2D eigenvalue weighted by atomic mass is 15.2. The van der Waals surface area contributed by atoms with Crippen molar-refractivity contribution in [1.29, 1.82) is 0 Å². The highest BCUT2D eigenvalue weighted by Gasteiger charge is 2.39. The number of hydrogen-bond acceptors (Lipinski definition) is 2. The van der Waals surface area contributed by atoms with Gasteiger partial charge < -0.3 is 5.32 Å². The molecule has 1 N–H and O–H groups in total. The zero-order chi connectivity index (χ0) is 13.3. The van der Waals surface area contributed by atoms with Gasteiger partial charge in [-0.05, 0) is 69.4 Å². The smallest absolute Gasteiger partial charge is 0.0103 e. The maximum absolute atomic E-state index is 3.51. The molecular formula is C17H32N2. The van der Waals surface area contributed by atoms with E-state index in [-0.39, 0.29) is 0 Å². The quantitative estimate of drug-likeness (QED) is 0.837. The van der Waals surface area contributed by atoms with Gasteiger partial charge in [-0.15, -0.1) is 0 Å². The van der Waals surface area contributed by atoms with E-state index >= 15 is 0 Å². The summed E-state index contributed by atoms with van der Waals surface area (Å²) in [6.07, 6.45) is 11.5. The first-order valence-corrected chi connectivity index (χ1v) is 8.60. The monoisotopic (exact) mass is 264 g/mol. The van der Waals surface area contributed by atoms with Crippen molar-refractivity contribution in [2.24, 2.45) is 11.3 Å². The molecule has 1 atom stereocenters. The minimum absolute atomic E-state index is 0.587. The van der Waals surface area contributed by atoms with Crippen molar-refractivity contribution in [3.05, 3.63) is 0 Å². The summed E-state index contributed by atoms with van der Waals surface area (Å²) in [5.41, 5.74) is 0.587. The number of piperidine rings is 1. The zero-order valence-corrected chi connectivity index (χ0v) is 13.0. The predicted octanol–water partition coefficient (Wildman–Crippen LogP) is 3.42. The third kappa shape index (κ3) is 3.72. The third-order valence-electron chi connectivity index (χ3n) is 5.59. The predicted molar refractivity (Wildman–Crippen MR) is 81.4 cm³/mol. The van der Waals surface area contributed by atoms with E-state index in [0.29, 0.717) is 5.41 Å². The normalized spacial score (nSPS) is 32.7. The van der Waals surface area contributed by atoms with E-state index < -0.39 is 0 Å². The Labute approximate surface area is 119 Å². The minimum atomic E-state index is 0.587. The molecule has 1 heterocycles. The molecule has 0 radical (unpaired) electrons. The summed E-state index contributed by atoms with van der Waals surface area (Å²) >= 11 is 0. The summed E-state index contributed by atoms with van der Waals surface area (Å²) in [6, 6.07) is 1.85. The van der Waals surface area contributed by atoms with Gasteiger partial charge in [-0.1, -0.05) is 20.3 Å². The molecule has 19 heavy (non-hydrogen) atoms. The fourth-order valence-corrected chi connectivity index (χ4v) is 4.31. The van der Waals surface area contributed by atoms with Crippen LogP contribution >= 0.6 is 0 Å². The van der Waals surface area contributed by atoms with Gasteiger partial charge in [0.15, 0.2) is 0 Å². The van der Waals surface area contributed by atoms with Gasteiger partial charge in [0.05, 0.1) is 0 Å². The number of rotatable bonds is 4. The highest BCUT2D eigenvalue weighted by molar-refractivity contribution is 4.94. The van der Waals surface area contributed by atoms with Gasteiger partial charge in [-0.2, -0.15) is 0 Å². The molecule has 0 aromatic heterocycles. The van der Waals surface area contributed by atoms with Crippen LogP contribution in [0, 0.1) is 11.3 Å². The summed E-state index contributed by atoms with van der Waals surface area (Å²) in [4.78, 5) is 2.94. The van der Waals surface area contributed by atoms with E-state index in [1.165, 1.54) is 71.0 Å². The van der Waals surface area contributed by atoms with E-state index in [9.17, 15) is 0 Å². The van der Waals surface area contributed by atoms with Crippen LogP contribution in [0.4, 0.5) is 0 Å². The summed E-state index contributed by atoms with van der Waals surface area (Å²) in [7, 11) is 0. The van der Waals surface area contributed by atoms with Crippen molar-refractivity contribution in [1.82, 2.24) is 10.2 Å². The highest BCUT2D eigenvalue weighted by Crippen LogP contribution is 2.41. The Morgan fingerprint density at radius 3 is 2.37 bits per heavy atom. The van der Waals surface area contributed by atoms with Crippen LogP contribution in [-0.2, 0) is 0 Å². The Bertz CT molecular complexity index is 290. The van der Waals surface area contributed by atoms with Gasteiger partial charge in [-0.25, -0.2) is 0 Å². The maximum atomic E-state index is 3.51. The molecule has 0 bridgehead atoms. The second-order valence-corrected chi connectivity index (χ2v) is 8.04.